The first-order valence-corrected chi connectivity index (χ1v) is 9.52. The van der Waals surface area contributed by atoms with E-state index in [0.29, 0.717) is 4.34 Å². The van der Waals surface area contributed by atoms with Crippen LogP contribution in [0.25, 0.3) is 0 Å². The van der Waals surface area contributed by atoms with Crippen molar-refractivity contribution in [2.45, 2.75) is 13.5 Å². The van der Waals surface area contributed by atoms with Crippen LogP contribution in [0.4, 0.5) is 5.69 Å². The maximum Gasteiger partial charge on any atom is 0.338 e. The number of nitro benzene ring substituents is 1. The summed E-state index contributed by atoms with van der Waals surface area (Å²) < 4.78 is 10.4. The number of likely N-dealkylation sites (N-methyl/N-ethyl adjacent to an activating group) is 1. The van der Waals surface area contributed by atoms with Gasteiger partial charge in [-0.25, -0.2) is 9.59 Å². The quantitative estimate of drug-likeness (QED) is 0.351. The van der Waals surface area contributed by atoms with Crippen molar-refractivity contribution in [2.24, 2.45) is 0 Å². The molecule has 0 bridgehead atoms. The summed E-state index contributed by atoms with van der Waals surface area (Å²) >= 11 is 7.17. The number of benzene rings is 1. The number of carbonyl (C=O) groups is 3. The molecule has 11 heteroatoms. The molecule has 1 aromatic heterocycles. The molecule has 0 unspecified atom stereocenters. The number of carbonyl (C=O) groups excluding carboxylic acids is 3. The van der Waals surface area contributed by atoms with Crippen molar-refractivity contribution in [3.8, 4) is 0 Å². The Labute approximate surface area is 174 Å². The van der Waals surface area contributed by atoms with Gasteiger partial charge in [-0.1, -0.05) is 11.6 Å². The van der Waals surface area contributed by atoms with Crippen LogP contribution in [0.1, 0.15) is 32.5 Å². The minimum Gasteiger partial charge on any atom is -0.462 e. The van der Waals surface area contributed by atoms with Crippen LogP contribution in [-0.2, 0) is 20.8 Å². The lowest BCUT2D eigenvalue weighted by molar-refractivity contribution is -0.384. The Kier molecular flexibility index (Phi) is 7.68. The van der Waals surface area contributed by atoms with Crippen LogP contribution in [-0.4, -0.2) is 47.9 Å². The van der Waals surface area contributed by atoms with Crippen molar-refractivity contribution >= 4 is 46.5 Å². The summed E-state index contributed by atoms with van der Waals surface area (Å²) in [5, 5.41) is 11.1. The Morgan fingerprint density at radius 1 is 1.14 bits per heavy atom. The molecule has 1 amide bonds. The summed E-state index contributed by atoms with van der Waals surface area (Å²) in [6.45, 7) is 1.37. The topological polar surface area (TPSA) is 116 Å². The van der Waals surface area contributed by atoms with Gasteiger partial charge in [-0.2, -0.15) is 0 Å². The maximum absolute atomic E-state index is 12.3. The van der Waals surface area contributed by atoms with Gasteiger partial charge in [0.25, 0.3) is 11.6 Å². The number of ether oxygens (including phenoxy) is 2. The zero-order valence-corrected chi connectivity index (χ0v) is 17.1. The van der Waals surface area contributed by atoms with Crippen molar-refractivity contribution in [2.75, 3.05) is 20.3 Å². The Bertz CT molecular complexity index is 944. The molecule has 29 heavy (non-hydrogen) atoms. The number of nitro groups is 1. The van der Waals surface area contributed by atoms with E-state index in [1.165, 1.54) is 23.3 Å². The molecule has 0 saturated carbocycles. The fourth-order valence-corrected chi connectivity index (χ4v) is 3.39. The molecule has 0 radical (unpaired) electrons. The molecule has 0 N–H and O–H groups in total. The summed E-state index contributed by atoms with van der Waals surface area (Å²) in [4.78, 5) is 48.8. The summed E-state index contributed by atoms with van der Waals surface area (Å²) in [7, 11) is 1.54. The second kappa shape index (κ2) is 9.99. The van der Waals surface area contributed by atoms with Crippen molar-refractivity contribution in [3.63, 3.8) is 0 Å². The van der Waals surface area contributed by atoms with Gasteiger partial charge in [-0.15, -0.1) is 11.3 Å². The van der Waals surface area contributed by atoms with Crippen molar-refractivity contribution in [3.05, 3.63) is 60.8 Å². The summed E-state index contributed by atoms with van der Waals surface area (Å²) in [5.41, 5.74) is -0.866. The predicted octanol–water partition coefficient (Wildman–Crippen LogP) is 3.30. The number of rotatable bonds is 8. The second-order valence-electron chi connectivity index (χ2n) is 5.78. The highest BCUT2D eigenvalue weighted by molar-refractivity contribution is 7.16. The van der Waals surface area contributed by atoms with Gasteiger partial charge in [0.15, 0.2) is 6.61 Å². The van der Waals surface area contributed by atoms with Crippen molar-refractivity contribution in [1.29, 1.82) is 0 Å². The minimum absolute atomic E-state index is 0.0671. The number of hydrogen-bond donors (Lipinski definition) is 0. The molecule has 2 rings (SSSR count). The van der Waals surface area contributed by atoms with Crippen LogP contribution in [0.3, 0.4) is 0 Å². The zero-order valence-electron chi connectivity index (χ0n) is 15.5. The molecule has 154 valence electrons. The highest BCUT2D eigenvalue weighted by Gasteiger charge is 2.21. The van der Waals surface area contributed by atoms with Gasteiger partial charge in [0.1, 0.15) is 0 Å². The molecule has 1 heterocycles. The zero-order chi connectivity index (χ0) is 21.6. The first-order valence-electron chi connectivity index (χ1n) is 8.33. The number of thiophene rings is 1. The summed E-state index contributed by atoms with van der Waals surface area (Å²) in [6, 6.07) is 6.58. The van der Waals surface area contributed by atoms with Crippen molar-refractivity contribution < 1.29 is 28.8 Å². The lowest BCUT2D eigenvalue weighted by atomic mass is 10.1. The summed E-state index contributed by atoms with van der Waals surface area (Å²) in [5.74, 6) is -2.25. The smallest absolute Gasteiger partial charge is 0.338 e. The monoisotopic (exact) mass is 440 g/mol. The van der Waals surface area contributed by atoms with Crippen LogP contribution in [0.5, 0.6) is 0 Å². The van der Waals surface area contributed by atoms with Crippen LogP contribution >= 0.6 is 22.9 Å². The molecular weight excluding hydrogens is 424 g/mol. The molecule has 0 aliphatic rings. The van der Waals surface area contributed by atoms with Crippen LogP contribution in [0.15, 0.2) is 30.3 Å². The second-order valence-corrected chi connectivity index (χ2v) is 7.58. The largest absolute Gasteiger partial charge is 0.462 e. The number of nitrogens with zero attached hydrogens (tertiary/aromatic N) is 2. The lowest BCUT2D eigenvalue weighted by Crippen LogP contribution is -2.30. The fraction of sp³-hybridized carbons (Fsp3) is 0.278. The highest BCUT2D eigenvalue weighted by atomic mass is 35.5. The van der Waals surface area contributed by atoms with Gasteiger partial charge < -0.3 is 14.4 Å². The molecular formula is C18H17ClN2O7S. The van der Waals surface area contributed by atoms with Gasteiger partial charge in [-0.3, -0.25) is 14.9 Å². The van der Waals surface area contributed by atoms with Crippen LogP contribution in [0.2, 0.25) is 4.34 Å². The molecule has 2 aromatic rings. The van der Waals surface area contributed by atoms with Crippen LogP contribution in [0, 0.1) is 10.1 Å². The molecule has 9 nitrogen and oxygen atoms in total. The third-order valence-corrected chi connectivity index (χ3v) is 4.87. The Morgan fingerprint density at radius 2 is 1.76 bits per heavy atom. The van der Waals surface area contributed by atoms with E-state index < -0.39 is 35.1 Å². The molecule has 0 spiro atoms. The third kappa shape index (κ3) is 6.26. The molecule has 0 atom stereocenters. The average Bonchev–Trinajstić information content (AvgIpc) is 3.10. The van der Waals surface area contributed by atoms with Gasteiger partial charge in [-0.05, 0) is 25.1 Å². The van der Waals surface area contributed by atoms with E-state index in [0.717, 1.165) is 23.1 Å². The first kappa shape index (κ1) is 22.3. The standard InChI is InChI=1S/C18H17ClN2O7S/c1-3-27-17(23)11-6-12(8-13(7-11)21(25)26)18(24)28-10-16(22)20(2)9-14-4-5-15(19)29-14/h4-8H,3,9-10H2,1-2H3. The van der Waals surface area contributed by atoms with Crippen LogP contribution < -0.4 is 0 Å². The van der Waals surface area contributed by atoms with Gasteiger partial charge >= 0.3 is 11.9 Å². The molecule has 0 saturated heterocycles. The first-order chi connectivity index (χ1) is 13.7. The van der Waals surface area contributed by atoms with E-state index in [1.807, 2.05) is 0 Å². The Hall–Kier alpha value is -2.98. The number of hydrogen-bond acceptors (Lipinski definition) is 8. The Balaban J connectivity index is 2.06. The van der Waals surface area contributed by atoms with E-state index in [-0.39, 0.29) is 24.3 Å². The normalized spacial score (nSPS) is 10.3. The molecule has 0 aliphatic carbocycles. The molecule has 0 aliphatic heterocycles. The minimum atomic E-state index is -0.972. The van der Waals surface area contributed by atoms with E-state index in [9.17, 15) is 24.5 Å². The molecule has 1 aromatic carbocycles. The SMILES string of the molecule is CCOC(=O)c1cc(C(=O)OCC(=O)N(C)Cc2ccc(Cl)s2)cc([N+](=O)[O-])c1. The van der Waals surface area contributed by atoms with E-state index in [1.54, 1.807) is 19.1 Å². The van der Waals surface area contributed by atoms with E-state index >= 15 is 0 Å². The summed E-state index contributed by atoms with van der Waals surface area (Å²) in [6.07, 6.45) is 0. The lowest BCUT2D eigenvalue weighted by Gasteiger charge is -2.16. The molecule has 0 fully saturated rings. The van der Waals surface area contributed by atoms with Gasteiger partial charge in [0.05, 0.1) is 33.5 Å². The van der Waals surface area contributed by atoms with Gasteiger partial charge in [0, 0.05) is 24.1 Å². The average molecular weight is 441 g/mol. The highest BCUT2D eigenvalue weighted by Crippen LogP contribution is 2.22. The fourth-order valence-electron chi connectivity index (χ4n) is 2.25. The van der Waals surface area contributed by atoms with Crippen molar-refractivity contribution in [1.82, 2.24) is 4.90 Å². The van der Waals surface area contributed by atoms with Gasteiger partial charge in [0.2, 0.25) is 0 Å². The Morgan fingerprint density at radius 3 is 2.28 bits per heavy atom. The predicted molar refractivity (Wildman–Crippen MR) is 105 cm³/mol. The number of esters is 2. The number of halogens is 1. The van der Waals surface area contributed by atoms with E-state index in [2.05, 4.69) is 0 Å². The number of amides is 1. The maximum atomic E-state index is 12.3. The third-order valence-electron chi connectivity index (χ3n) is 3.65. The van der Waals surface area contributed by atoms with E-state index in [4.69, 9.17) is 21.1 Å². The number of non-ortho nitro benzene ring substituents is 1.